The topological polar surface area (TPSA) is 46.1 Å². The molecule has 2 N–H and O–H groups in total. The highest BCUT2D eigenvalue weighted by atomic mass is 16.1. The molecule has 0 aliphatic carbocycles. The standard InChI is InChI=1S/C18H17N3O/c1-21-15-8-3-2-5-12(15)11-16(21)13-6-4-7-14-18(13)19-10-9-17(22)20-14/h2-8,11,19H,9-10H2,1H3,(H,20,22). The maximum Gasteiger partial charge on any atom is 0.226 e. The van der Waals surface area contributed by atoms with E-state index >= 15 is 0 Å². The molecule has 1 aliphatic rings. The van der Waals surface area contributed by atoms with Crippen LogP contribution in [0.15, 0.2) is 48.5 Å². The minimum absolute atomic E-state index is 0.0560. The maximum atomic E-state index is 11.7. The van der Waals surface area contributed by atoms with Crippen molar-refractivity contribution < 1.29 is 4.79 Å². The second kappa shape index (κ2) is 4.91. The van der Waals surface area contributed by atoms with Crippen LogP contribution in [0.4, 0.5) is 11.4 Å². The van der Waals surface area contributed by atoms with Gasteiger partial charge in [0.05, 0.1) is 17.1 Å². The van der Waals surface area contributed by atoms with Crippen molar-refractivity contribution in [3.63, 3.8) is 0 Å². The molecule has 22 heavy (non-hydrogen) atoms. The van der Waals surface area contributed by atoms with Gasteiger partial charge in [-0.15, -0.1) is 0 Å². The number of benzene rings is 2. The first kappa shape index (κ1) is 13.0. The number of nitrogens with one attached hydrogen (secondary N) is 2. The molecule has 4 rings (SSSR count). The van der Waals surface area contributed by atoms with Crippen molar-refractivity contribution >= 4 is 28.2 Å². The monoisotopic (exact) mass is 291 g/mol. The van der Waals surface area contributed by atoms with Gasteiger partial charge < -0.3 is 15.2 Å². The number of para-hydroxylation sites is 2. The lowest BCUT2D eigenvalue weighted by Gasteiger charge is -2.14. The van der Waals surface area contributed by atoms with Crippen molar-refractivity contribution in [2.24, 2.45) is 7.05 Å². The second-order valence-electron chi connectivity index (χ2n) is 5.60. The third kappa shape index (κ3) is 1.96. The zero-order valence-corrected chi connectivity index (χ0v) is 12.4. The van der Waals surface area contributed by atoms with Gasteiger partial charge in [0, 0.05) is 36.5 Å². The SMILES string of the molecule is Cn1c(-c2cccc3c2NCCC(=O)N3)cc2ccccc21. The van der Waals surface area contributed by atoms with Gasteiger partial charge in [-0.2, -0.15) is 0 Å². The molecule has 2 heterocycles. The molecule has 0 atom stereocenters. The Labute approximate surface area is 128 Å². The highest BCUT2D eigenvalue weighted by molar-refractivity contribution is 6.00. The van der Waals surface area contributed by atoms with Crippen molar-refractivity contribution in [2.75, 3.05) is 17.2 Å². The molecular weight excluding hydrogens is 274 g/mol. The molecule has 0 saturated heterocycles. The number of nitrogens with zero attached hydrogens (tertiary/aromatic N) is 1. The van der Waals surface area contributed by atoms with Crippen LogP contribution in [0.5, 0.6) is 0 Å². The zero-order chi connectivity index (χ0) is 15.1. The number of amides is 1. The van der Waals surface area contributed by atoms with E-state index in [-0.39, 0.29) is 5.91 Å². The van der Waals surface area contributed by atoms with Crippen LogP contribution in [-0.2, 0) is 11.8 Å². The molecular formula is C18H17N3O. The van der Waals surface area contributed by atoms with Crippen LogP contribution in [0, 0.1) is 0 Å². The van der Waals surface area contributed by atoms with E-state index in [1.165, 1.54) is 10.9 Å². The average molecular weight is 291 g/mol. The molecule has 0 fully saturated rings. The Morgan fingerprint density at radius 3 is 2.82 bits per heavy atom. The first-order valence-electron chi connectivity index (χ1n) is 7.45. The molecule has 0 spiro atoms. The molecule has 0 bridgehead atoms. The van der Waals surface area contributed by atoms with Crippen LogP contribution in [-0.4, -0.2) is 17.0 Å². The largest absolute Gasteiger partial charge is 0.382 e. The zero-order valence-electron chi connectivity index (χ0n) is 12.4. The Kier molecular flexibility index (Phi) is 2.89. The number of hydrogen-bond donors (Lipinski definition) is 2. The van der Waals surface area contributed by atoms with Crippen molar-refractivity contribution in [3.05, 3.63) is 48.5 Å². The van der Waals surface area contributed by atoms with Crippen molar-refractivity contribution in [1.82, 2.24) is 4.57 Å². The highest BCUT2D eigenvalue weighted by Crippen LogP contribution is 2.37. The summed E-state index contributed by atoms with van der Waals surface area (Å²) in [5.74, 6) is 0.0560. The fraction of sp³-hybridized carbons (Fsp3) is 0.167. The van der Waals surface area contributed by atoms with Crippen molar-refractivity contribution in [1.29, 1.82) is 0 Å². The maximum absolute atomic E-state index is 11.7. The third-order valence-corrected chi connectivity index (χ3v) is 4.22. The predicted octanol–water partition coefficient (Wildman–Crippen LogP) is 3.60. The van der Waals surface area contributed by atoms with Gasteiger partial charge in [0.15, 0.2) is 0 Å². The molecule has 1 amide bonds. The summed E-state index contributed by atoms with van der Waals surface area (Å²) in [6, 6.07) is 16.6. The van der Waals surface area contributed by atoms with E-state index in [9.17, 15) is 4.79 Å². The Hall–Kier alpha value is -2.75. The number of hydrogen-bond acceptors (Lipinski definition) is 2. The van der Waals surface area contributed by atoms with Crippen LogP contribution in [0.1, 0.15) is 6.42 Å². The number of aryl methyl sites for hydroxylation is 1. The first-order valence-corrected chi connectivity index (χ1v) is 7.45. The van der Waals surface area contributed by atoms with Gasteiger partial charge in [-0.1, -0.05) is 30.3 Å². The lowest BCUT2D eigenvalue weighted by Crippen LogP contribution is -2.10. The summed E-state index contributed by atoms with van der Waals surface area (Å²) >= 11 is 0. The number of rotatable bonds is 1. The quantitative estimate of drug-likeness (QED) is 0.719. The molecule has 3 aromatic rings. The molecule has 2 aromatic carbocycles. The summed E-state index contributed by atoms with van der Waals surface area (Å²) in [5, 5.41) is 7.59. The second-order valence-corrected chi connectivity index (χ2v) is 5.60. The third-order valence-electron chi connectivity index (χ3n) is 4.22. The van der Waals surface area contributed by atoms with E-state index in [1.54, 1.807) is 0 Å². The van der Waals surface area contributed by atoms with Crippen LogP contribution in [0.3, 0.4) is 0 Å². The Balaban J connectivity index is 1.94. The molecule has 1 aromatic heterocycles. The summed E-state index contributed by atoms with van der Waals surface area (Å²) in [6.45, 7) is 0.653. The van der Waals surface area contributed by atoms with Crippen molar-refractivity contribution in [3.8, 4) is 11.3 Å². The lowest BCUT2D eigenvalue weighted by molar-refractivity contribution is -0.115. The molecule has 1 aliphatic heterocycles. The molecule has 4 nitrogen and oxygen atoms in total. The normalized spacial score (nSPS) is 14.1. The van der Waals surface area contributed by atoms with E-state index in [1.807, 2.05) is 12.1 Å². The Morgan fingerprint density at radius 2 is 1.95 bits per heavy atom. The number of anilines is 2. The molecule has 0 radical (unpaired) electrons. The average Bonchev–Trinajstić information content (AvgIpc) is 2.73. The number of carbonyl (C=O) groups is 1. The fourth-order valence-corrected chi connectivity index (χ4v) is 3.12. The van der Waals surface area contributed by atoms with Gasteiger partial charge in [0.2, 0.25) is 5.91 Å². The summed E-state index contributed by atoms with van der Waals surface area (Å²) in [4.78, 5) is 11.7. The van der Waals surface area contributed by atoms with Crippen LogP contribution < -0.4 is 10.6 Å². The minimum atomic E-state index is 0.0560. The first-order chi connectivity index (χ1) is 10.7. The summed E-state index contributed by atoms with van der Waals surface area (Å²) < 4.78 is 2.19. The number of aromatic nitrogens is 1. The van der Waals surface area contributed by atoms with E-state index in [0.29, 0.717) is 13.0 Å². The fourth-order valence-electron chi connectivity index (χ4n) is 3.12. The minimum Gasteiger partial charge on any atom is -0.382 e. The number of fused-ring (bicyclic) bond motifs is 2. The highest BCUT2D eigenvalue weighted by Gasteiger charge is 2.18. The number of carbonyl (C=O) groups excluding carboxylic acids is 1. The van der Waals surface area contributed by atoms with Crippen LogP contribution in [0.25, 0.3) is 22.2 Å². The molecule has 0 saturated carbocycles. The van der Waals surface area contributed by atoms with Gasteiger partial charge in [0.25, 0.3) is 0 Å². The smallest absolute Gasteiger partial charge is 0.226 e. The van der Waals surface area contributed by atoms with E-state index in [2.05, 4.69) is 58.6 Å². The van der Waals surface area contributed by atoms with E-state index < -0.39 is 0 Å². The molecule has 0 unspecified atom stereocenters. The van der Waals surface area contributed by atoms with Crippen LogP contribution in [0.2, 0.25) is 0 Å². The Bertz CT molecular complexity index is 879. The van der Waals surface area contributed by atoms with Gasteiger partial charge in [-0.3, -0.25) is 4.79 Å². The Morgan fingerprint density at radius 1 is 1.09 bits per heavy atom. The lowest BCUT2D eigenvalue weighted by atomic mass is 10.1. The van der Waals surface area contributed by atoms with Gasteiger partial charge in [-0.05, 0) is 18.2 Å². The summed E-state index contributed by atoms with van der Waals surface area (Å²) in [7, 11) is 2.08. The summed E-state index contributed by atoms with van der Waals surface area (Å²) in [5.41, 5.74) is 5.30. The molecule has 4 heteroatoms. The molecule has 110 valence electrons. The van der Waals surface area contributed by atoms with Gasteiger partial charge in [0.1, 0.15) is 0 Å². The van der Waals surface area contributed by atoms with Gasteiger partial charge in [-0.25, -0.2) is 0 Å². The van der Waals surface area contributed by atoms with Crippen molar-refractivity contribution in [2.45, 2.75) is 6.42 Å². The van der Waals surface area contributed by atoms with E-state index in [4.69, 9.17) is 0 Å². The van der Waals surface area contributed by atoms with E-state index in [0.717, 1.165) is 22.6 Å². The predicted molar refractivity (Wildman–Crippen MR) is 90.1 cm³/mol. The summed E-state index contributed by atoms with van der Waals surface area (Å²) in [6.07, 6.45) is 0.489. The van der Waals surface area contributed by atoms with Crippen LogP contribution >= 0.6 is 0 Å². The van der Waals surface area contributed by atoms with Gasteiger partial charge >= 0.3 is 0 Å².